The molecule has 0 saturated heterocycles. The molecule has 0 radical (unpaired) electrons. The predicted octanol–water partition coefficient (Wildman–Crippen LogP) is 4.46. The standard InChI is InChI=1S/C6HCl5.CH4O3S/c7-2-1-3(8)5(10)6(11)4(2)9;1-5(2,3)4/h1H;1H3,(H,2,3,4). The molecule has 1 aromatic rings. The molecule has 0 unspecified atom stereocenters. The maximum Gasteiger partial charge on any atom is 0.261 e. The van der Waals surface area contributed by atoms with Crippen molar-refractivity contribution in [2.24, 2.45) is 0 Å². The van der Waals surface area contributed by atoms with Crippen LogP contribution in [0.5, 0.6) is 0 Å². The van der Waals surface area contributed by atoms with Crippen molar-refractivity contribution < 1.29 is 13.0 Å². The van der Waals surface area contributed by atoms with E-state index in [-0.39, 0.29) is 15.1 Å². The Bertz CT molecular complexity index is 451. The Morgan fingerprint density at radius 2 is 1.19 bits per heavy atom. The quantitative estimate of drug-likeness (QED) is 0.429. The van der Waals surface area contributed by atoms with Gasteiger partial charge in [0.1, 0.15) is 0 Å². The van der Waals surface area contributed by atoms with Crippen molar-refractivity contribution in [1.29, 1.82) is 0 Å². The van der Waals surface area contributed by atoms with Gasteiger partial charge in [-0.1, -0.05) is 58.0 Å². The van der Waals surface area contributed by atoms with Gasteiger partial charge in [-0.2, -0.15) is 8.42 Å². The molecular formula is C7H5Cl5O3S. The zero-order valence-electron chi connectivity index (χ0n) is 7.64. The van der Waals surface area contributed by atoms with E-state index in [0.29, 0.717) is 16.3 Å². The van der Waals surface area contributed by atoms with Crippen LogP contribution in [0.25, 0.3) is 0 Å². The van der Waals surface area contributed by atoms with Crippen LogP contribution in [-0.2, 0) is 10.1 Å². The van der Waals surface area contributed by atoms with Crippen LogP contribution in [-0.4, -0.2) is 19.2 Å². The fourth-order valence-corrected chi connectivity index (χ4v) is 1.65. The molecule has 1 N–H and O–H groups in total. The minimum absolute atomic E-state index is 0.186. The highest BCUT2D eigenvalue weighted by Crippen LogP contribution is 2.40. The summed E-state index contributed by atoms with van der Waals surface area (Å²) in [6.07, 6.45) is 0.715. The van der Waals surface area contributed by atoms with Gasteiger partial charge in [0.15, 0.2) is 0 Å². The van der Waals surface area contributed by atoms with Crippen LogP contribution in [0.3, 0.4) is 0 Å². The monoisotopic (exact) mass is 344 g/mol. The number of benzene rings is 1. The first kappa shape index (κ1) is 16.6. The number of halogens is 5. The SMILES string of the molecule is CS(=O)(=O)O.Clc1cc(Cl)c(Cl)c(Cl)c1Cl. The van der Waals surface area contributed by atoms with Gasteiger partial charge in [0.2, 0.25) is 0 Å². The normalized spacial score (nSPS) is 10.7. The molecule has 1 aromatic carbocycles. The lowest BCUT2D eigenvalue weighted by molar-refractivity contribution is 0.490. The Balaban J connectivity index is 0.000000385. The molecule has 92 valence electrons. The van der Waals surface area contributed by atoms with E-state index in [2.05, 4.69) is 0 Å². The highest BCUT2D eigenvalue weighted by Gasteiger charge is 2.10. The van der Waals surface area contributed by atoms with Crippen molar-refractivity contribution in [3.63, 3.8) is 0 Å². The lowest BCUT2D eigenvalue weighted by Gasteiger charge is -2.02. The Hall–Kier alpha value is 0.580. The molecule has 9 heteroatoms. The fourth-order valence-electron chi connectivity index (χ4n) is 0.544. The molecule has 0 bridgehead atoms. The van der Waals surface area contributed by atoms with Crippen LogP contribution in [0.15, 0.2) is 6.07 Å². The molecule has 0 saturated carbocycles. The Kier molecular flexibility index (Phi) is 6.73. The van der Waals surface area contributed by atoms with Gasteiger partial charge in [0.05, 0.1) is 31.4 Å². The topological polar surface area (TPSA) is 54.4 Å². The van der Waals surface area contributed by atoms with Crippen molar-refractivity contribution >= 4 is 68.1 Å². The largest absolute Gasteiger partial charge is 0.286 e. The Morgan fingerprint density at radius 1 is 0.938 bits per heavy atom. The molecule has 1 rings (SSSR count). The third-order valence-corrected chi connectivity index (χ3v) is 3.20. The van der Waals surface area contributed by atoms with E-state index in [4.69, 9.17) is 62.6 Å². The number of rotatable bonds is 0. The number of hydrogen-bond acceptors (Lipinski definition) is 2. The molecule has 0 spiro atoms. The third kappa shape index (κ3) is 6.35. The van der Waals surface area contributed by atoms with E-state index >= 15 is 0 Å². The van der Waals surface area contributed by atoms with Gasteiger partial charge < -0.3 is 0 Å². The van der Waals surface area contributed by atoms with Crippen molar-refractivity contribution in [3.8, 4) is 0 Å². The molecule has 16 heavy (non-hydrogen) atoms. The van der Waals surface area contributed by atoms with Crippen LogP contribution in [0.4, 0.5) is 0 Å². The summed E-state index contributed by atoms with van der Waals surface area (Å²) in [5.74, 6) is 0. The van der Waals surface area contributed by atoms with E-state index in [9.17, 15) is 8.42 Å². The fraction of sp³-hybridized carbons (Fsp3) is 0.143. The number of hydrogen-bond donors (Lipinski definition) is 1. The molecule has 0 heterocycles. The lowest BCUT2D eigenvalue weighted by atomic mass is 10.3. The summed E-state index contributed by atoms with van der Waals surface area (Å²) in [4.78, 5) is 0. The van der Waals surface area contributed by atoms with Gasteiger partial charge in [0.25, 0.3) is 10.1 Å². The van der Waals surface area contributed by atoms with Gasteiger partial charge in [-0.3, -0.25) is 4.55 Å². The molecule has 0 amide bonds. The summed E-state index contributed by atoms with van der Waals surface area (Å²) in [7, 11) is -3.67. The van der Waals surface area contributed by atoms with E-state index < -0.39 is 10.1 Å². The first-order chi connectivity index (χ1) is 7.04. The molecule has 0 aromatic heterocycles. The minimum Gasteiger partial charge on any atom is -0.286 e. The predicted molar refractivity (Wildman–Crippen MR) is 69.0 cm³/mol. The van der Waals surface area contributed by atoms with Gasteiger partial charge in [-0.15, -0.1) is 0 Å². The summed E-state index contributed by atoms with van der Waals surface area (Å²) in [6, 6.07) is 1.44. The highest BCUT2D eigenvalue weighted by molar-refractivity contribution is 7.85. The van der Waals surface area contributed by atoms with Crippen molar-refractivity contribution in [1.82, 2.24) is 0 Å². The summed E-state index contributed by atoms with van der Waals surface area (Å²) < 4.78 is 25.9. The third-order valence-electron chi connectivity index (χ3n) is 1.06. The first-order valence-electron chi connectivity index (χ1n) is 3.45. The van der Waals surface area contributed by atoms with Crippen LogP contribution >= 0.6 is 58.0 Å². The highest BCUT2D eigenvalue weighted by atomic mass is 35.5. The Labute approximate surface area is 118 Å². The second-order valence-electron chi connectivity index (χ2n) is 2.52. The van der Waals surface area contributed by atoms with E-state index in [0.717, 1.165) is 0 Å². The maximum atomic E-state index is 9.19. The summed E-state index contributed by atoms with van der Waals surface area (Å²) in [5.41, 5.74) is 0. The van der Waals surface area contributed by atoms with Gasteiger partial charge >= 0.3 is 0 Å². The molecule has 0 aliphatic carbocycles. The Morgan fingerprint density at radius 3 is 1.44 bits per heavy atom. The molecule has 0 aliphatic rings. The first-order valence-corrected chi connectivity index (χ1v) is 7.18. The van der Waals surface area contributed by atoms with Crippen molar-refractivity contribution in [3.05, 3.63) is 31.2 Å². The van der Waals surface area contributed by atoms with Crippen LogP contribution < -0.4 is 0 Å². The van der Waals surface area contributed by atoms with Gasteiger partial charge in [0, 0.05) is 0 Å². The van der Waals surface area contributed by atoms with Crippen molar-refractivity contribution in [2.75, 3.05) is 6.26 Å². The zero-order valence-corrected chi connectivity index (χ0v) is 12.2. The van der Waals surface area contributed by atoms with E-state index in [1.54, 1.807) is 0 Å². The van der Waals surface area contributed by atoms with Crippen molar-refractivity contribution in [2.45, 2.75) is 0 Å². The van der Waals surface area contributed by atoms with Gasteiger partial charge in [-0.05, 0) is 6.07 Å². The minimum atomic E-state index is -3.67. The van der Waals surface area contributed by atoms with E-state index in [1.165, 1.54) is 6.07 Å². The molecular weight excluding hydrogens is 341 g/mol. The zero-order chi connectivity index (χ0) is 13.1. The van der Waals surface area contributed by atoms with Crippen LogP contribution in [0, 0.1) is 0 Å². The molecule has 3 nitrogen and oxygen atoms in total. The van der Waals surface area contributed by atoms with Crippen LogP contribution in [0.1, 0.15) is 0 Å². The second-order valence-corrected chi connectivity index (χ2v) is 5.93. The van der Waals surface area contributed by atoms with Gasteiger partial charge in [-0.25, -0.2) is 0 Å². The molecule has 0 aliphatic heterocycles. The molecule has 0 fully saturated rings. The average molecular weight is 346 g/mol. The summed E-state index contributed by atoms with van der Waals surface area (Å²) >= 11 is 28.2. The van der Waals surface area contributed by atoms with Crippen LogP contribution in [0.2, 0.25) is 25.1 Å². The van der Waals surface area contributed by atoms with E-state index in [1.807, 2.05) is 0 Å². The summed E-state index contributed by atoms with van der Waals surface area (Å²) in [6.45, 7) is 0. The average Bonchev–Trinajstić information content (AvgIpc) is 2.09. The maximum absolute atomic E-state index is 9.19. The molecule has 0 atom stereocenters. The second kappa shape index (κ2) is 6.50. The smallest absolute Gasteiger partial charge is 0.261 e. The summed E-state index contributed by atoms with van der Waals surface area (Å²) in [5, 5.41) is 1.23. The lowest BCUT2D eigenvalue weighted by Crippen LogP contribution is -1.88.